The summed E-state index contributed by atoms with van der Waals surface area (Å²) in [4.78, 5) is 0. The van der Waals surface area contributed by atoms with E-state index in [1.54, 1.807) is 0 Å². The summed E-state index contributed by atoms with van der Waals surface area (Å²) >= 11 is 0. The molecule has 0 amide bonds. The Labute approximate surface area is 302 Å². The Hall–Kier alpha value is -0.920. The maximum absolute atomic E-state index is 11.2. The fourth-order valence-electron chi connectivity index (χ4n) is 6.48. The van der Waals surface area contributed by atoms with Gasteiger partial charge in [0.15, 0.2) is 25.2 Å². The highest BCUT2D eigenvalue weighted by atomic mass is 16.8. The van der Waals surface area contributed by atoms with Gasteiger partial charge in [-0.05, 0) is 13.8 Å². The minimum Gasteiger partial charge on any atom is -0.394 e. The molecule has 0 radical (unpaired) electrons. The molecule has 23 atom stereocenters. The van der Waals surface area contributed by atoms with Crippen molar-refractivity contribution in [1.29, 1.82) is 0 Å². The van der Waals surface area contributed by atoms with Crippen LogP contribution in [0.4, 0.5) is 0 Å². The third kappa shape index (κ3) is 9.97. The van der Waals surface area contributed by atoms with Gasteiger partial charge >= 0.3 is 0 Å². The highest BCUT2D eigenvalue weighted by molar-refractivity contribution is 4.96. The third-order valence-corrected chi connectivity index (χ3v) is 9.76. The van der Waals surface area contributed by atoms with Gasteiger partial charge in [0.25, 0.3) is 0 Å². The largest absolute Gasteiger partial charge is 0.394 e. The van der Waals surface area contributed by atoms with Gasteiger partial charge in [-0.15, -0.1) is 0 Å². The monoisotopic (exact) mass is 782 g/mol. The first-order chi connectivity index (χ1) is 25.0. The molecule has 15 N–H and O–H groups in total. The molecule has 4 heterocycles. The van der Waals surface area contributed by atoms with E-state index < -0.39 is 168 Å². The van der Waals surface area contributed by atoms with E-state index in [0.717, 1.165) is 0 Å². The van der Waals surface area contributed by atoms with Gasteiger partial charge in [-0.1, -0.05) is 0 Å². The van der Waals surface area contributed by atoms with E-state index in [-0.39, 0.29) is 6.42 Å². The lowest BCUT2D eigenvalue weighted by Gasteiger charge is -2.48. The molecule has 4 rings (SSSR count). The molecule has 312 valence electrons. The normalized spacial score (nSPS) is 47.8. The second-order valence-electron chi connectivity index (χ2n) is 13.6. The van der Waals surface area contributed by atoms with Crippen molar-refractivity contribution in [2.24, 2.45) is 0 Å². The number of rotatable bonds is 15. The summed E-state index contributed by atoms with van der Waals surface area (Å²) in [7, 11) is 0. The molecule has 0 aromatic heterocycles. The van der Waals surface area contributed by atoms with E-state index in [9.17, 15) is 76.6 Å². The predicted molar refractivity (Wildman–Crippen MR) is 165 cm³/mol. The minimum absolute atomic E-state index is 0.148. The van der Waals surface area contributed by atoms with Crippen molar-refractivity contribution < 1.29 is 114 Å². The first-order valence-electron chi connectivity index (χ1n) is 17.1. The van der Waals surface area contributed by atoms with Crippen molar-refractivity contribution in [1.82, 2.24) is 0 Å². The van der Waals surface area contributed by atoms with E-state index in [0.29, 0.717) is 0 Å². The molecule has 0 spiro atoms. The molecule has 23 nitrogen and oxygen atoms in total. The third-order valence-electron chi connectivity index (χ3n) is 9.76. The van der Waals surface area contributed by atoms with Crippen molar-refractivity contribution in [3.63, 3.8) is 0 Å². The Balaban J connectivity index is 1.49. The van der Waals surface area contributed by atoms with E-state index in [1.807, 2.05) is 0 Å². The molecule has 0 aliphatic carbocycles. The lowest BCUT2D eigenvalue weighted by molar-refractivity contribution is -0.381. The average Bonchev–Trinajstić information content (AvgIpc) is 3.13. The molecule has 0 saturated carbocycles. The van der Waals surface area contributed by atoms with Crippen molar-refractivity contribution in [2.75, 3.05) is 26.4 Å². The molecule has 4 fully saturated rings. The average molecular weight is 783 g/mol. The second kappa shape index (κ2) is 19.5. The van der Waals surface area contributed by atoms with Crippen LogP contribution in [0.25, 0.3) is 0 Å². The fraction of sp³-hybridized carbons (Fsp3) is 1.00. The van der Waals surface area contributed by atoms with Crippen LogP contribution in [-0.2, 0) is 37.9 Å². The van der Waals surface area contributed by atoms with Crippen LogP contribution in [0.3, 0.4) is 0 Å². The van der Waals surface area contributed by atoms with Crippen LogP contribution in [0.2, 0.25) is 0 Å². The van der Waals surface area contributed by atoms with Gasteiger partial charge in [0.05, 0.1) is 44.7 Å². The van der Waals surface area contributed by atoms with E-state index in [2.05, 4.69) is 0 Å². The van der Waals surface area contributed by atoms with Crippen LogP contribution in [-0.4, -0.2) is 244 Å². The van der Waals surface area contributed by atoms with Gasteiger partial charge in [0.1, 0.15) is 97.7 Å². The Kier molecular flexibility index (Phi) is 16.5. The van der Waals surface area contributed by atoms with Gasteiger partial charge in [0.2, 0.25) is 0 Å². The maximum Gasteiger partial charge on any atom is 0.187 e. The highest BCUT2D eigenvalue weighted by Crippen LogP contribution is 2.34. The van der Waals surface area contributed by atoms with Crippen LogP contribution in [0, 0.1) is 0 Å². The Bertz CT molecular complexity index is 1090. The molecular formula is C30H54O23. The molecule has 4 aliphatic rings. The molecule has 4 saturated heterocycles. The maximum atomic E-state index is 11.2. The van der Waals surface area contributed by atoms with Gasteiger partial charge in [0, 0.05) is 6.42 Å². The van der Waals surface area contributed by atoms with Gasteiger partial charge in [-0.3, -0.25) is 0 Å². The topological polar surface area (TPSA) is 377 Å². The molecule has 0 unspecified atom stereocenters. The number of aliphatic hydroxyl groups is 15. The smallest absolute Gasteiger partial charge is 0.187 e. The van der Waals surface area contributed by atoms with Crippen LogP contribution in [0.5, 0.6) is 0 Å². The molecule has 23 heteroatoms. The number of ether oxygens (including phenoxy) is 8. The minimum atomic E-state index is -2.07. The van der Waals surface area contributed by atoms with Gasteiger partial charge in [-0.2, -0.15) is 0 Å². The van der Waals surface area contributed by atoms with Gasteiger partial charge < -0.3 is 114 Å². The highest BCUT2D eigenvalue weighted by Gasteiger charge is 2.54. The first kappa shape index (κ1) is 44.8. The Morgan fingerprint density at radius 2 is 0.962 bits per heavy atom. The van der Waals surface area contributed by atoms with Crippen molar-refractivity contribution in [2.45, 2.75) is 161 Å². The molecule has 0 aromatic carbocycles. The van der Waals surface area contributed by atoms with Crippen molar-refractivity contribution in [3.8, 4) is 0 Å². The Morgan fingerprint density at radius 3 is 1.51 bits per heavy atom. The molecule has 0 aromatic rings. The lowest BCUT2D eigenvalue weighted by Crippen LogP contribution is -2.66. The van der Waals surface area contributed by atoms with E-state index >= 15 is 0 Å². The van der Waals surface area contributed by atoms with E-state index in [4.69, 9.17) is 37.9 Å². The summed E-state index contributed by atoms with van der Waals surface area (Å²) in [6.07, 6.45) is -38.9. The van der Waals surface area contributed by atoms with Crippen LogP contribution < -0.4 is 0 Å². The fourth-order valence-corrected chi connectivity index (χ4v) is 6.48. The zero-order valence-corrected chi connectivity index (χ0v) is 28.8. The lowest BCUT2D eigenvalue weighted by atomic mass is 9.96. The van der Waals surface area contributed by atoms with Crippen LogP contribution in [0.15, 0.2) is 0 Å². The molecule has 0 bridgehead atoms. The zero-order valence-electron chi connectivity index (χ0n) is 28.8. The predicted octanol–water partition coefficient (Wildman–Crippen LogP) is -9.20. The number of hydrogen-bond acceptors (Lipinski definition) is 23. The van der Waals surface area contributed by atoms with Crippen molar-refractivity contribution >= 4 is 0 Å². The second-order valence-corrected chi connectivity index (χ2v) is 13.6. The summed E-state index contributed by atoms with van der Waals surface area (Å²) < 4.78 is 44.6. The zero-order chi connectivity index (χ0) is 39.5. The molecular weight excluding hydrogens is 728 g/mol. The van der Waals surface area contributed by atoms with Crippen molar-refractivity contribution in [3.05, 3.63) is 0 Å². The standard InChI is InChI=1S/C30H54O23/c1-8-10(35)3-11(36)27(46-8)53-26-17(40)15(7-34)49-30(22(26)45)50-23-9(2)47-28(21(44)19(23)42)51-24(12(37)4-31)25(13(38)5-32)52-29-20(43)18(41)16(39)14(6-33)48-29/h8-45H,3-7H2,1-2H3/t8-,9+,10+,11+,12+,13-,14-,15-,16-,17-,18+,19+,20-,21-,22+,23+,24-,25+,26+,27-,28+,29-,30+/m1/s1. The van der Waals surface area contributed by atoms with Crippen LogP contribution >= 0.6 is 0 Å². The summed E-state index contributed by atoms with van der Waals surface area (Å²) in [6.45, 7) is -0.986. The number of aliphatic hydroxyl groups excluding tert-OH is 15. The molecule has 4 aliphatic heterocycles. The Morgan fingerprint density at radius 1 is 0.491 bits per heavy atom. The van der Waals surface area contributed by atoms with E-state index in [1.165, 1.54) is 13.8 Å². The number of hydrogen-bond donors (Lipinski definition) is 15. The van der Waals surface area contributed by atoms with Gasteiger partial charge in [-0.25, -0.2) is 0 Å². The molecule has 53 heavy (non-hydrogen) atoms. The first-order valence-corrected chi connectivity index (χ1v) is 17.1. The summed E-state index contributed by atoms with van der Waals surface area (Å²) in [5.41, 5.74) is 0. The summed E-state index contributed by atoms with van der Waals surface area (Å²) in [5, 5.41) is 155. The summed E-state index contributed by atoms with van der Waals surface area (Å²) in [5.74, 6) is 0. The summed E-state index contributed by atoms with van der Waals surface area (Å²) in [6, 6.07) is 0. The SMILES string of the molecule is C[C@@H]1O[C@@H](O[C@@H]([C@@H](O[C@H]2O[C@H](CO)[C@@H](O)[C@H](O)[C@H]2O)[C@H](O)CO)[C@@H](O)CO)[C@H](O)[C@H](O)[C@H]1O[C@@H]1O[C@H](CO)[C@@H](O)[C@H](O[C@H]2O[C@H](C)[C@@H](O)C[C@@H]2O)[C@@H]1O. The van der Waals surface area contributed by atoms with Crippen LogP contribution in [0.1, 0.15) is 20.3 Å². The quantitative estimate of drug-likeness (QED) is 0.0733.